The predicted molar refractivity (Wildman–Crippen MR) is 147 cm³/mol. The number of aromatic nitrogens is 4. The number of hydrogen-bond donors (Lipinski definition) is 1. The summed E-state index contributed by atoms with van der Waals surface area (Å²) in [6, 6.07) is 8.55. The van der Waals surface area contributed by atoms with Crippen LogP contribution in [-0.2, 0) is 0 Å². The van der Waals surface area contributed by atoms with E-state index in [2.05, 4.69) is 57.6 Å². The smallest absolute Gasteiger partial charge is 0.250 e. The van der Waals surface area contributed by atoms with E-state index in [0.717, 1.165) is 85.7 Å². The number of rotatable bonds is 6. The van der Waals surface area contributed by atoms with E-state index in [1.807, 2.05) is 25.3 Å². The Morgan fingerprint density at radius 2 is 1.78 bits per heavy atom. The summed E-state index contributed by atoms with van der Waals surface area (Å²) in [4.78, 5) is 37.6. The Balaban J connectivity index is 1.42. The Morgan fingerprint density at radius 3 is 2.43 bits per heavy atom. The molecule has 3 aromatic rings. The van der Waals surface area contributed by atoms with Gasteiger partial charge in [0.1, 0.15) is 11.6 Å². The fraction of sp³-hybridized carbons (Fsp3) is 0.464. The van der Waals surface area contributed by atoms with Crippen LogP contribution in [0.3, 0.4) is 0 Å². The fourth-order valence-corrected chi connectivity index (χ4v) is 5.19. The second kappa shape index (κ2) is 10.3. The number of anilines is 3. The lowest BCUT2D eigenvalue weighted by Gasteiger charge is -2.37. The maximum atomic E-state index is 11.5. The third-order valence-corrected chi connectivity index (χ3v) is 7.42. The molecule has 5 heterocycles. The molecule has 2 N–H and O–H groups in total. The highest BCUT2D eigenvalue weighted by atomic mass is 16.1. The lowest BCUT2D eigenvalue weighted by Crippen LogP contribution is -2.47. The van der Waals surface area contributed by atoms with E-state index in [0.29, 0.717) is 17.5 Å². The van der Waals surface area contributed by atoms with E-state index < -0.39 is 5.91 Å². The van der Waals surface area contributed by atoms with Crippen molar-refractivity contribution in [1.82, 2.24) is 19.9 Å². The van der Waals surface area contributed by atoms with Gasteiger partial charge in [0.15, 0.2) is 0 Å². The molecule has 0 aromatic carbocycles. The molecule has 37 heavy (non-hydrogen) atoms. The molecule has 0 aliphatic carbocycles. The molecule has 2 fully saturated rings. The van der Waals surface area contributed by atoms with Crippen LogP contribution in [0.1, 0.15) is 61.1 Å². The molecule has 194 valence electrons. The lowest BCUT2D eigenvalue weighted by molar-refractivity contribution is 0.1000. The van der Waals surface area contributed by atoms with Gasteiger partial charge in [-0.1, -0.05) is 13.8 Å². The molecule has 0 saturated carbocycles. The Labute approximate surface area is 218 Å². The van der Waals surface area contributed by atoms with Crippen molar-refractivity contribution in [3.8, 4) is 11.3 Å². The first-order chi connectivity index (χ1) is 17.8. The van der Waals surface area contributed by atoms with Crippen molar-refractivity contribution >= 4 is 23.5 Å². The van der Waals surface area contributed by atoms with Gasteiger partial charge in [-0.3, -0.25) is 9.78 Å². The Hall–Kier alpha value is -3.75. The second-order valence-corrected chi connectivity index (χ2v) is 10.4. The van der Waals surface area contributed by atoms with Crippen LogP contribution in [0, 0.1) is 6.92 Å². The van der Waals surface area contributed by atoms with Crippen LogP contribution in [0.5, 0.6) is 0 Å². The van der Waals surface area contributed by atoms with E-state index in [1.54, 1.807) is 6.20 Å². The highest BCUT2D eigenvalue weighted by molar-refractivity contribution is 5.93. The van der Waals surface area contributed by atoms with Gasteiger partial charge in [-0.15, -0.1) is 0 Å². The summed E-state index contributed by atoms with van der Waals surface area (Å²) in [5.74, 6) is 2.56. The molecular weight excluding hydrogens is 464 g/mol. The highest BCUT2D eigenvalue weighted by Gasteiger charge is 2.26. The summed E-state index contributed by atoms with van der Waals surface area (Å²) in [7, 11) is 0. The van der Waals surface area contributed by atoms with E-state index in [-0.39, 0.29) is 0 Å². The van der Waals surface area contributed by atoms with Gasteiger partial charge in [-0.05, 0) is 56.4 Å². The van der Waals surface area contributed by atoms with Gasteiger partial charge < -0.3 is 20.4 Å². The van der Waals surface area contributed by atoms with Crippen molar-refractivity contribution in [1.29, 1.82) is 0 Å². The number of carbonyl (C=O) groups is 1. The van der Waals surface area contributed by atoms with Crippen molar-refractivity contribution in [2.45, 2.75) is 52.5 Å². The van der Waals surface area contributed by atoms with Gasteiger partial charge in [0, 0.05) is 68.5 Å². The minimum Gasteiger partial charge on any atom is -0.366 e. The van der Waals surface area contributed by atoms with Crippen molar-refractivity contribution < 1.29 is 4.79 Å². The van der Waals surface area contributed by atoms with Gasteiger partial charge in [0.05, 0.1) is 11.3 Å². The standard InChI is InChI=1S/C28H36N8O/c1-18(2)23-15-21(7-8-30-23)24-16-25(33-28(32-24)36-9-5-6-20(36)4)34-10-12-35(13-11-34)27-19(3)14-22(17-31-27)26(29)37/h7-8,14-18,20H,5-6,9-13H2,1-4H3,(H2,29,37). The van der Waals surface area contributed by atoms with Gasteiger partial charge >= 0.3 is 0 Å². The molecule has 1 atom stereocenters. The Kier molecular flexibility index (Phi) is 6.95. The minimum atomic E-state index is -0.454. The molecule has 9 nitrogen and oxygen atoms in total. The minimum absolute atomic E-state index is 0.349. The average molecular weight is 501 g/mol. The Morgan fingerprint density at radius 1 is 1.03 bits per heavy atom. The quantitative estimate of drug-likeness (QED) is 0.545. The molecule has 1 amide bonds. The molecule has 2 aliphatic heterocycles. The molecule has 0 radical (unpaired) electrons. The molecule has 1 unspecified atom stereocenters. The molecule has 3 aromatic heterocycles. The molecule has 5 rings (SSSR count). The van der Waals surface area contributed by atoms with Crippen molar-refractivity contribution in [3.63, 3.8) is 0 Å². The van der Waals surface area contributed by atoms with E-state index in [1.165, 1.54) is 0 Å². The van der Waals surface area contributed by atoms with Crippen molar-refractivity contribution in [3.05, 3.63) is 53.5 Å². The zero-order chi connectivity index (χ0) is 26.1. The van der Waals surface area contributed by atoms with Crippen LogP contribution in [0.2, 0.25) is 0 Å². The number of carbonyl (C=O) groups excluding carboxylic acids is 1. The van der Waals surface area contributed by atoms with Crippen LogP contribution < -0.4 is 20.4 Å². The number of pyridine rings is 2. The first-order valence-corrected chi connectivity index (χ1v) is 13.2. The van der Waals surface area contributed by atoms with E-state index in [9.17, 15) is 4.79 Å². The zero-order valence-electron chi connectivity index (χ0n) is 22.2. The van der Waals surface area contributed by atoms with Gasteiger partial charge in [-0.2, -0.15) is 4.98 Å². The van der Waals surface area contributed by atoms with Crippen molar-refractivity contribution in [2.24, 2.45) is 5.73 Å². The number of hydrogen-bond acceptors (Lipinski definition) is 8. The highest BCUT2D eigenvalue weighted by Crippen LogP contribution is 2.30. The summed E-state index contributed by atoms with van der Waals surface area (Å²) in [6.07, 6.45) is 5.77. The SMILES string of the molecule is Cc1cc(C(N)=O)cnc1N1CCN(c2cc(-c3ccnc(C(C)C)c3)nc(N3CCCC3C)n2)CC1. The maximum Gasteiger partial charge on any atom is 0.250 e. The van der Waals surface area contributed by atoms with Gasteiger partial charge in [0.25, 0.3) is 0 Å². The topological polar surface area (TPSA) is 104 Å². The number of piperazine rings is 1. The largest absolute Gasteiger partial charge is 0.366 e. The molecule has 9 heteroatoms. The monoisotopic (exact) mass is 500 g/mol. The summed E-state index contributed by atoms with van der Waals surface area (Å²) >= 11 is 0. The number of nitrogens with zero attached hydrogens (tertiary/aromatic N) is 7. The van der Waals surface area contributed by atoms with Crippen LogP contribution in [-0.4, -0.2) is 64.6 Å². The Bertz CT molecular complexity index is 1280. The average Bonchev–Trinajstić information content (AvgIpc) is 3.34. The number of primary amides is 1. The third-order valence-electron chi connectivity index (χ3n) is 7.42. The first-order valence-electron chi connectivity index (χ1n) is 13.2. The maximum absolute atomic E-state index is 11.5. The van der Waals surface area contributed by atoms with Crippen LogP contribution in [0.15, 0.2) is 36.7 Å². The summed E-state index contributed by atoms with van der Waals surface area (Å²) in [5.41, 5.74) is 9.88. The van der Waals surface area contributed by atoms with E-state index >= 15 is 0 Å². The van der Waals surface area contributed by atoms with E-state index in [4.69, 9.17) is 15.7 Å². The number of nitrogens with two attached hydrogens (primary N) is 1. The van der Waals surface area contributed by atoms with Gasteiger partial charge in [-0.25, -0.2) is 9.97 Å². The second-order valence-electron chi connectivity index (χ2n) is 10.4. The lowest BCUT2D eigenvalue weighted by atomic mass is 10.1. The van der Waals surface area contributed by atoms with Gasteiger partial charge in [0.2, 0.25) is 11.9 Å². The summed E-state index contributed by atoms with van der Waals surface area (Å²) < 4.78 is 0. The normalized spacial score (nSPS) is 18.1. The number of aryl methyl sites for hydroxylation is 1. The molecule has 0 spiro atoms. The predicted octanol–water partition coefficient (Wildman–Crippen LogP) is 3.78. The van der Waals surface area contributed by atoms with Crippen molar-refractivity contribution in [2.75, 3.05) is 47.4 Å². The first kappa shape index (κ1) is 24.9. The molecule has 0 bridgehead atoms. The van der Waals surface area contributed by atoms with Crippen LogP contribution in [0.4, 0.5) is 17.6 Å². The summed E-state index contributed by atoms with van der Waals surface area (Å²) in [6.45, 7) is 12.8. The molecule has 2 saturated heterocycles. The van der Waals surface area contributed by atoms with Crippen LogP contribution in [0.25, 0.3) is 11.3 Å². The molecular formula is C28H36N8O. The van der Waals surface area contributed by atoms with Crippen LogP contribution >= 0.6 is 0 Å². The number of amides is 1. The fourth-order valence-electron chi connectivity index (χ4n) is 5.19. The third kappa shape index (κ3) is 5.21. The summed E-state index contributed by atoms with van der Waals surface area (Å²) in [5, 5.41) is 0. The zero-order valence-corrected chi connectivity index (χ0v) is 22.2. The molecule has 2 aliphatic rings.